The van der Waals surface area contributed by atoms with Gasteiger partial charge in [0.25, 0.3) is 0 Å². The molecule has 3 heteroatoms. The molecule has 0 spiro atoms. The van der Waals surface area contributed by atoms with E-state index in [-0.39, 0.29) is 0 Å². The molecule has 0 atom stereocenters. The van der Waals surface area contributed by atoms with E-state index in [1.807, 2.05) is 24.3 Å². The Hall–Kier alpha value is -0.381. The quantitative estimate of drug-likeness (QED) is 0.710. The van der Waals surface area contributed by atoms with Gasteiger partial charge in [-0.2, -0.15) is 0 Å². The van der Waals surface area contributed by atoms with Crippen molar-refractivity contribution in [3.8, 4) is 11.5 Å². The molecule has 2 nitrogen and oxygen atoms in total. The fourth-order valence-corrected chi connectivity index (χ4v) is 12.6. The molecule has 1 aliphatic heterocycles. The summed E-state index contributed by atoms with van der Waals surface area (Å²) in [5, 5.41) is 0. The monoisotopic (exact) mass is 342 g/mol. The molecule has 0 saturated heterocycles. The zero-order valence-electron chi connectivity index (χ0n) is 10.9. The zero-order valence-corrected chi connectivity index (χ0v) is 13.7. The second kappa shape index (κ2) is 5.98. The molecule has 1 aliphatic rings. The summed E-state index contributed by atoms with van der Waals surface area (Å²) in [5.41, 5.74) is 0. The van der Waals surface area contributed by atoms with Crippen LogP contribution in [0.25, 0.3) is 0 Å². The van der Waals surface area contributed by atoms with Crippen LogP contribution in [0, 0.1) is 0 Å². The molecule has 1 aromatic rings. The summed E-state index contributed by atoms with van der Waals surface area (Å²) >= 11 is -2.79. The van der Waals surface area contributed by atoms with Gasteiger partial charge in [-0.05, 0) is 0 Å². The third kappa shape index (κ3) is 3.09. The molecule has 0 aliphatic carbocycles. The molecule has 0 radical (unpaired) electrons. The normalized spacial score (nSPS) is 16.1. The van der Waals surface area contributed by atoms with Crippen LogP contribution in [0.5, 0.6) is 11.5 Å². The van der Waals surface area contributed by atoms with Gasteiger partial charge in [0.2, 0.25) is 0 Å². The van der Waals surface area contributed by atoms with Gasteiger partial charge in [-0.25, -0.2) is 0 Å². The molecule has 1 heterocycles. The van der Waals surface area contributed by atoms with Crippen LogP contribution in [0.2, 0.25) is 8.87 Å². The number of para-hydroxylation sites is 2. The summed E-state index contributed by atoms with van der Waals surface area (Å²) in [5.74, 6) is 1.99. The van der Waals surface area contributed by atoms with Gasteiger partial charge >= 0.3 is 110 Å². The molecule has 2 rings (SSSR count). The number of rotatable bonds is 6. The van der Waals surface area contributed by atoms with Gasteiger partial charge in [-0.3, -0.25) is 0 Å². The molecular weight excluding hydrogens is 319 g/mol. The maximum atomic E-state index is 6.29. The van der Waals surface area contributed by atoms with Crippen LogP contribution in [-0.4, -0.2) is 19.2 Å². The van der Waals surface area contributed by atoms with Gasteiger partial charge in [-0.1, -0.05) is 0 Å². The Morgan fingerprint density at radius 2 is 1.35 bits per heavy atom. The van der Waals surface area contributed by atoms with Crippen LogP contribution >= 0.6 is 0 Å². The van der Waals surface area contributed by atoms with Gasteiger partial charge in [0.1, 0.15) is 0 Å². The second-order valence-electron chi connectivity index (χ2n) is 4.77. The third-order valence-electron chi connectivity index (χ3n) is 3.26. The third-order valence-corrected chi connectivity index (χ3v) is 13.0. The molecule has 0 unspecified atom stereocenters. The first-order chi connectivity index (χ1) is 8.29. The summed E-state index contributed by atoms with van der Waals surface area (Å²) in [6, 6.07) is 8.16. The van der Waals surface area contributed by atoms with E-state index in [4.69, 9.17) is 6.15 Å². The van der Waals surface area contributed by atoms with Crippen LogP contribution in [-0.2, 0) is 0 Å². The van der Waals surface area contributed by atoms with E-state index < -0.39 is 19.2 Å². The number of hydrogen-bond acceptors (Lipinski definition) is 2. The van der Waals surface area contributed by atoms with E-state index >= 15 is 0 Å². The Bertz CT molecular complexity index is 330. The number of hydrogen-bond donors (Lipinski definition) is 0. The molecule has 1 aromatic carbocycles. The number of fused-ring (bicyclic) bond motifs is 1. The van der Waals surface area contributed by atoms with E-state index in [0.29, 0.717) is 0 Å². The van der Waals surface area contributed by atoms with Crippen molar-refractivity contribution in [2.75, 3.05) is 0 Å². The molecule has 0 fully saturated rings. The first kappa shape index (κ1) is 13.1. The van der Waals surface area contributed by atoms with Gasteiger partial charge in [0, 0.05) is 0 Å². The van der Waals surface area contributed by atoms with Gasteiger partial charge in [0.15, 0.2) is 0 Å². The average molecular weight is 341 g/mol. The van der Waals surface area contributed by atoms with Gasteiger partial charge < -0.3 is 0 Å². The summed E-state index contributed by atoms with van der Waals surface area (Å²) in [6.45, 7) is 4.48. The van der Waals surface area contributed by atoms with Crippen molar-refractivity contribution >= 4 is 19.2 Å². The molecular formula is C14H22O2Sn. The summed E-state index contributed by atoms with van der Waals surface area (Å²) in [4.78, 5) is 0. The number of unbranched alkanes of at least 4 members (excludes halogenated alkanes) is 2. The van der Waals surface area contributed by atoms with Gasteiger partial charge in [0.05, 0.1) is 0 Å². The summed E-state index contributed by atoms with van der Waals surface area (Å²) in [6.07, 6.45) is 4.95. The Morgan fingerprint density at radius 1 is 0.882 bits per heavy atom. The van der Waals surface area contributed by atoms with Crippen LogP contribution in [0.1, 0.15) is 39.5 Å². The van der Waals surface area contributed by atoms with E-state index in [9.17, 15) is 0 Å². The predicted molar refractivity (Wildman–Crippen MR) is 72.9 cm³/mol. The fourth-order valence-electron chi connectivity index (χ4n) is 2.26. The topological polar surface area (TPSA) is 18.5 Å². The van der Waals surface area contributed by atoms with E-state index in [2.05, 4.69) is 13.8 Å². The van der Waals surface area contributed by atoms with Crippen LogP contribution < -0.4 is 6.15 Å². The predicted octanol–water partition coefficient (Wildman–Crippen LogP) is 4.50. The average Bonchev–Trinajstić information content (AvgIpc) is 2.73. The summed E-state index contributed by atoms with van der Waals surface area (Å²) < 4.78 is 15.0. The Labute approximate surface area is 109 Å². The SMILES string of the molecule is CCC[CH2][Sn]1([CH2]CCC)[O]c2ccccc2[O]1. The van der Waals surface area contributed by atoms with Gasteiger partial charge in [-0.15, -0.1) is 0 Å². The zero-order chi connectivity index (χ0) is 12.1. The van der Waals surface area contributed by atoms with Crippen LogP contribution in [0.3, 0.4) is 0 Å². The maximum absolute atomic E-state index is 6.29. The minimum absolute atomic E-state index is 0.996. The molecule has 17 heavy (non-hydrogen) atoms. The van der Waals surface area contributed by atoms with Crippen molar-refractivity contribution in [1.82, 2.24) is 0 Å². The fraction of sp³-hybridized carbons (Fsp3) is 0.571. The van der Waals surface area contributed by atoms with E-state index in [1.165, 1.54) is 34.6 Å². The Kier molecular flexibility index (Phi) is 4.60. The van der Waals surface area contributed by atoms with E-state index in [0.717, 1.165) is 11.5 Å². The van der Waals surface area contributed by atoms with Crippen molar-refractivity contribution in [3.63, 3.8) is 0 Å². The second-order valence-corrected chi connectivity index (χ2v) is 14.0. The van der Waals surface area contributed by atoms with Crippen molar-refractivity contribution in [3.05, 3.63) is 24.3 Å². The van der Waals surface area contributed by atoms with E-state index in [1.54, 1.807) is 0 Å². The molecule has 0 aromatic heterocycles. The molecule has 94 valence electrons. The van der Waals surface area contributed by atoms with Crippen molar-refractivity contribution < 1.29 is 6.15 Å². The minimum atomic E-state index is -2.79. The Balaban J connectivity index is 2.09. The molecule has 0 saturated carbocycles. The summed E-state index contributed by atoms with van der Waals surface area (Å²) in [7, 11) is 0. The molecule has 0 bridgehead atoms. The Morgan fingerprint density at radius 3 is 1.76 bits per heavy atom. The van der Waals surface area contributed by atoms with Crippen LogP contribution in [0.4, 0.5) is 0 Å². The number of benzene rings is 1. The first-order valence-corrected chi connectivity index (χ1v) is 13.1. The van der Waals surface area contributed by atoms with Crippen molar-refractivity contribution in [2.24, 2.45) is 0 Å². The van der Waals surface area contributed by atoms with Crippen molar-refractivity contribution in [2.45, 2.75) is 48.4 Å². The molecule has 0 amide bonds. The molecule has 0 N–H and O–H groups in total. The first-order valence-electron chi connectivity index (χ1n) is 6.77. The standard InChI is InChI=1S/C6H6O2.2C4H9.Sn/c7-5-3-1-2-4-6(5)8;2*1-3-4-2;/h1-4,7-8H;2*1,3-4H2,2H3;/q;;;+2/p-2. The van der Waals surface area contributed by atoms with Crippen LogP contribution in [0.15, 0.2) is 24.3 Å². The van der Waals surface area contributed by atoms with Crippen molar-refractivity contribution in [1.29, 1.82) is 0 Å².